The van der Waals surface area contributed by atoms with Crippen molar-refractivity contribution in [1.29, 1.82) is 0 Å². The predicted octanol–water partition coefficient (Wildman–Crippen LogP) is 2.97. The first kappa shape index (κ1) is 18.0. The third-order valence-electron chi connectivity index (χ3n) is 5.82. The largest absolute Gasteiger partial charge is 0.377 e. The number of hydrogen-bond donors (Lipinski definition) is 0. The highest BCUT2D eigenvalue weighted by molar-refractivity contribution is 7.25. The first-order chi connectivity index (χ1) is 13.6. The van der Waals surface area contributed by atoms with Crippen molar-refractivity contribution in [3.05, 3.63) is 28.9 Å². The van der Waals surface area contributed by atoms with Crippen LogP contribution in [0.2, 0.25) is 0 Å². The molecule has 28 heavy (non-hydrogen) atoms. The van der Waals surface area contributed by atoms with Gasteiger partial charge in [-0.05, 0) is 31.7 Å². The van der Waals surface area contributed by atoms with E-state index in [4.69, 9.17) is 14.5 Å². The molecule has 3 aromatic heterocycles. The molecule has 4 heterocycles. The molecule has 0 spiro atoms. The number of pyridine rings is 1. The van der Waals surface area contributed by atoms with E-state index in [-0.39, 0.29) is 23.8 Å². The normalized spacial score (nSPS) is 25.6. The van der Waals surface area contributed by atoms with Gasteiger partial charge in [0, 0.05) is 39.5 Å². The van der Waals surface area contributed by atoms with Gasteiger partial charge in [-0.1, -0.05) is 0 Å². The van der Waals surface area contributed by atoms with Crippen molar-refractivity contribution < 1.29 is 9.47 Å². The van der Waals surface area contributed by atoms with E-state index in [0.717, 1.165) is 60.3 Å². The molecule has 148 valence electrons. The lowest BCUT2D eigenvalue weighted by Crippen LogP contribution is -2.39. The maximum Gasteiger partial charge on any atom is 0.271 e. The van der Waals surface area contributed by atoms with Crippen LogP contribution in [-0.4, -0.2) is 54.1 Å². The van der Waals surface area contributed by atoms with E-state index >= 15 is 0 Å². The SMILES string of the molecule is CN(C)c1ccnc2sc3c(=O)n(C4CC[C@H]5OCCCOC5C4)cnc3c12. The molecule has 1 aliphatic heterocycles. The van der Waals surface area contributed by atoms with Crippen LogP contribution in [0.5, 0.6) is 0 Å². The molecule has 3 atom stereocenters. The number of ether oxygens (including phenoxy) is 2. The van der Waals surface area contributed by atoms with Crippen molar-refractivity contribution in [3.63, 3.8) is 0 Å². The topological polar surface area (TPSA) is 69.5 Å². The molecule has 2 aliphatic rings. The molecule has 7 nitrogen and oxygen atoms in total. The van der Waals surface area contributed by atoms with Gasteiger partial charge in [-0.15, -0.1) is 11.3 Å². The molecule has 2 unspecified atom stereocenters. The highest BCUT2D eigenvalue weighted by Crippen LogP contribution is 2.37. The summed E-state index contributed by atoms with van der Waals surface area (Å²) in [6.45, 7) is 1.50. The average molecular weight is 401 g/mol. The Balaban J connectivity index is 1.56. The summed E-state index contributed by atoms with van der Waals surface area (Å²) in [6, 6.07) is 2.06. The number of anilines is 1. The minimum absolute atomic E-state index is 0.0238. The smallest absolute Gasteiger partial charge is 0.271 e. The second-order valence-corrected chi connectivity index (χ2v) is 8.78. The molecule has 0 amide bonds. The van der Waals surface area contributed by atoms with Crippen LogP contribution in [0.15, 0.2) is 23.4 Å². The molecule has 1 saturated heterocycles. The number of thiophene rings is 1. The van der Waals surface area contributed by atoms with E-state index < -0.39 is 0 Å². The summed E-state index contributed by atoms with van der Waals surface area (Å²) in [5.74, 6) is 0. The van der Waals surface area contributed by atoms with Gasteiger partial charge in [-0.25, -0.2) is 9.97 Å². The number of aromatic nitrogens is 3. The number of hydrogen-bond acceptors (Lipinski definition) is 7. The number of fused-ring (bicyclic) bond motifs is 4. The van der Waals surface area contributed by atoms with Gasteiger partial charge < -0.3 is 14.4 Å². The van der Waals surface area contributed by atoms with E-state index in [1.807, 2.05) is 25.1 Å². The van der Waals surface area contributed by atoms with Crippen LogP contribution >= 0.6 is 11.3 Å². The summed E-state index contributed by atoms with van der Waals surface area (Å²) in [6.07, 6.45) is 7.28. The summed E-state index contributed by atoms with van der Waals surface area (Å²) in [5, 5.41) is 0.959. The predicted molar refractivity (Wildman–Crippen MR) is 110 cm³/mol. The maximum absolute atomic E-state index is 13.3. The Morgan fingerprint density at radius 1 is 1.18 bits per heavy atom. The van der Waals surface area contributed by atoms with Crippen LogP contribution in [-0.2, 0) is 9.47 Å². The van der Waals surface area contributed by atoms with Crippen molar-refractivity contribution in [2.45, 2.75) is 43.9 Å². The fourth-order valence-corrected chi connectivity index (χ4v) is 5.46. The van der Waals surface area contributed by atoms with Gasteiger partial charge in [0.25, 0.3) is 5.56 Å². The quantitative estimate of drug-likeness (QED) is 0.659. The summed E-state index contributed by atoms with van der Waals surface area (Å²) >= 11 is 1.43. The van der Waals surface area contributed by atoms with Gasteiger partial charge in [0.2, 0.25) is 0 Å². The zero-order chi connectivity index (χ0) is 19.3. The third kappa shape index (κ3) is 2.91. The Labute approximate surface area is 166 Å². The van der Waals surface area contributed by atoms with E-state index in [9.17, 15) is 4.79 Å². The molecule has 3 aromatic rings. The third-order valence-corrected chi connectivity index (χ3v) is 6.89. The summed E-state index contributed by atoms with van der Waals surface area (Å²) in [7, 11) is 3.99. The molecule has 0 aromatic carbocycles. The van der Waals surface area contributed by atoms with Crippen LogP contribution in [0.4, 0.5) is 5.69 Å². The Kier molecular flexibility index (Phi) is 4.57. The molecule has 0 N–H and O–H groups in total. The Hall–Kier alpha value is -2.03. The van der Waals surface area contributed by atoms with Gasteiger partial charge in [0.1, 0.15) is 9.53 Å². The molecular weight excluding hydrogens is 376 g/mol. The van der Waals surface area contributed by atoms with Crippen molar-refractivity contribution in [2.75, 3.05) is 32.2 Å². The van der Waals surface area contributed by atoms with Gasteiger partial charge in [-0.2, -0.15) is 0 Å². The van der Waals surface area contributed by atoms with Crippen molar-refractivity contribution in [1.82, 2.24) is 14.5 Å². The standard InChI is InChI=1S/C20H24N4O3S/c1-23(2)13-6-7-21-19-16(13)17-18(28-19)20(25)24(11-22-17)12-4-5-14-15(10-12)27-9-3-8-26-14/h6-7,11-12,14-15H,3-5,8-10H2,1-2H3/t12?,14-,15?/m1/s1. The summed E-state index contributed by atoms with van der Waals surface area (Å²) < 4.78 is 14.4. The zero-order valence-corrected chi connectivity index (χ0v) is 16.9. The highest BCUT2D eigenvalue weighted by Gasteiger charge is 2.34. The monoisotopic (exact) mass is 400 g/mol. The van der Waals surface area contributed by atoms with Crippen molar-refractivity contribution in [3.8, 4) is 0 Å². The van der Waals surface area contributed by atoms with Gasteiger partial charge in [0.05, 0.1) is 35.1 Å². The van der Waals surface area contributed by atoms with Crippen LogP contribution in [0.1, 0.15) is 31.7 Å². The second-order valence-electron chi connectivity index (χ2n) is 7.78. The molecule has 8 heteroatoms. The van der Waals surface area contributed by atoms with E-state index in [1.165, 1.54) is 11.3 Å². The maximum atomic E-state index is 13.3. The van der Waals surface area contributed by atoms with Crippen molar-refractivity contribution in [2.24, 2.45) is 0 Å². The lowest BCUT2D eigenvalue weighted by molar-refractivity contribution is -0.0686. The molecular formula is C20H24N4O3S. The minimum Gasteiger partial charge on any atom is -0.377 e. The Bertz CT molecular complexity index is 1080. The minimum atomic E-state index is 0.0238. The fourth-order valence-electron chi connectivity index (χ4n) is 4.41. The van der Waals surface area contributed by atoms with Crippen LogP contribution in [0.3, 0.4) is 0 Å². The van der Waals surface area contributed by atoms with E-state index in [2.05, 4.69) is 4.98 Å². The molecule has 0 bridgehead atoms. The summed E-state index contributed by atoms with van der Waals surface area (Å²) in [4.78, 5) is 25.4. The lowest BCUT2D eigenvalue weighted by Gasteiger charge is -2.34. The average Bonchev–Trinajstić information content (AvgIpc) is 2.92. The van der Waals surface area contributed by atoms with Crippen molar-refractivity contribution >= 4 is 37.5 Å². The van der Waals surface area contributed by atoms with Gasteiger partial charge >= 0.3 is 0 Å². The summed E-state index contributed by atoms with van der Waals surface area (Å²) in [5.41, 5.74) is 1.81. The molecule has 1 saturated carbocycles. The van der Waals surface area contributed by atoms with E-state index in [0.29, 0.717) is 4.70 Å². The molecule has 1 aliphatic carbocycles. The lowest BCUT2D eigenvalue weighted by atomic mass is 9.90. The molecule has 2 fully saturated rings. The van der Waals surface area contributed by atoms with Gasteiger partial charge in [0.15, 0.2) is 0 Å². The fraction of sp³-hybridized carbons (Fsp3) is 0.550. The second kappa shape index (κ2) is 7.09. The molecule has 0 radical (unpaired) electrons. The van der Waals surface area contributed by atoms with E-state index in [1.54, 1.807) is 17.1 Å². The van der Waals surface area contributed by atoms with Crippen LogP contribution in [0, 0.1) is 0 Å². The highest BCUT2D eigenvalue weighted by atomic mass is 32.1. The number of nitrogens with zero attached hydrogens (tertiary/aromatic N) is 4. The first-order valence-corrected chi connectivity index (χ1v) is 10.6. The Morgan fingerprint density at radius 2 is 2.00 bits per heavy atom. The number of rotatable bonds is 2. The van der Waals surface area contributed by atoms with Gasteiger partial charge in [-0.3, -0.25) is 9.36 Å². The molecule has 5 rings (SSSR count). The first-order valence-electron chi connectivity index (χ1n) is 9.82. The van der Waals surface area contributed by atoms with Crippen LogP contribution < -0.4 is 10.5 Å². The Morgan fingerprint density at radius 3 is 2.82 bits per heavy atom. The van der Waals surface area contributed by atoms with Crippen LogP contribution in [0.25, 0.3) is 20.4 Å². The zero-order valence-electron chi connectivity index (χ0n) is 16.1.